The van der Waals surface area contributed by atoms with Gasteiger partial charge in [0.15, 0.2) is 0 Å². The van der Waals surface area contributed by atoms with Crippen molar-refractivity contribution in [3.05, 3.63) is 29.3 Å². The normalized spacial score (nSPS) is 21.6. The van der Waals surface area contributed by atoms with Gasteiger partial charge >= 0.3 is 6.18 Å². The molecule has 1 aromatic rings. The molecule has 2 rings (SSSR count). The maximum Gasteiger partial charge on any atom is 0.418 e. The number of nitrogens with one attached hydrogen (secondary N) is 1. The van der Waals surface area contributed by atoms with Gasteiger partial charge in [-0.3, -0.25) is 0 Å². The predicted octanol–water partition coefficient (Wildman–Crippen LogP) is 2.46. The smallest absolute Gasteiger partial charge is 0.398 e. The fraction of sp³-hybridized carbons (Fsp3) is 0.538. The Hall–Kier alpha value is -1.27. The molecule has 0 spiro atoms. The zero-order chi connectivity index (χ0) is 14.0. The lowest BCUT2D eigenvalue weighted by Crippen LogP contribution is -2.24. The number of aliphatic hydroxyl groups excluding tert-OH is 1. The summed E-state index contributed by atoms with van der Waals surface area (Å²) in [5.74, 6) is 0. The monoisotopic (exact) mass is 274 g/mol. The highest BCUT2D eigenvalue weighted by atomic mass is 19.4. The van der Waals surface area contributed by atoms with Crippen LogP contribution >= 0.6 is 0 Å². The number of rotatable bonds is 3. The van der Waals surface area contributed by atoms with E-state index >= 15 is 0 Å². The van der Waals surface area contributed by atoms with E-state index in [4.69, 9.17) is 5.73 Å². The molecule has 0 aromatic heterocycles. The van der Waals surface area contributed by atoms with Gasteiger partial charge in [0, 0.05) is 17.3 Å². The number of para-hydroxylation sites is 1. The second kappa shape index (κ2) is 5.38. The van der Waals surface area contributed by atoms with Crippen LogP contribution in [0.5, 0.6) is 0 Å². The first kappa shape index (κ1) is 14.1. The summed E-state index contributed by atoms with van der Waals surface area (Å²) in [6, 6.07) is 3.80. The maximum absolute atomic E-state index is 12.7. The number of nitrogen functional groups attached to an aromatic ring is 1. The number of alkyl halides is 3. The standard InChI is InChI=1S/C13H17F3N2O/c14-13(15,16)10-5-1-4-9(12(10)17)11(19)7-8-3-2-6-18-8/h1,4-5,8,11,18-19H,2-3,6-7,17H2. The highest BCUT2D eigenvalue weighted by molar-refractivity contribution is 5.56. The Labute approximate surface area is 109 Å². The molecule has 1 aliphatic heterocycles. The Bertz CT molecular complexity index is 442. The number of benzene rings is 1. The Morgan fingerprint density at radius 1 is 1.42 bits per heavy atom. The predicted molar refractivity (Wildman–Crippen MR) is 66.5 cm³/mol. The van der Waals surface area contributed by atoms with Gasteiger partial charge in [0.2, 0.25) is 0 Å². The van der Waals surface area contributed by atoms with E-state index in [-0.39, 0.29) is 17.3 Å². The molecule has 2 unspecified atom stereocenters. The zero-order valence-electron chi connectivity index (χ0n) is 10.4. The number of hydrogen-bond donors (Lipinski definition) is 3. The van der Waals surface area contributed by atoms with Crippen LogP contribution in [0.4, 0.5) is 18.9 Å². The van der Waals surface area contributed by atoms with Gasteiger partial charge in [-0.2, -0.15) is 13.2 Å². The van der Waals surface area contributed by atoms with Crippen LogP contribution in [0.15, 0.2) is 18.2 Å². The fourth-order valence-corrected chi connectivity index (χ4v) is 2.48. The SMILES string of the molecule is Nc1c(C(O)CC2CCCN2)cccc1C(F)(F)F. The van der Waals surface area contributed by atoms with Gasteiger partial charge in [0.25, 0.3) is 0 Å². The second-order valence-corrected chi connectivity index (χ2v) is 4.85. The summed E-state index contributed by atoms with van der Waals surface area (Å²) < 4.78 is 38.2. The molecule has 1 aromatic carbocycles. The third-order valence-electron chi connectivity index (χ3n) is 3.47. The van der Waals surface area contributed by atoms with Gasteiger partial charge in [0.05, 0.1) is 11.7 Å². The highest BCUT2D eigenvalue weighted by Crippen LogP contribution is 2.37. The average Bonchev–Trinajstić information content (AvgIpc) is 2.80. The van der Waals surface area contributed by atoms with Gasteiger partial charge in [-0.1, -0.05) is 12.1 Å². The molecule has 0 bridgehead atoms. The van der Waals surface area contributed by atoms with Crippen LogP contribution in [-0.4, -0.2) is 17.7 Å². The largest absolute Gasteiger partial charge is 0.418 e. The fourth-order valence-electron chi connectivity index (χ4n) is 2.48. The molecule has 106 valence electrons. The zero-order valence-corrected chi connectivity index (χ0v) is 10.4. The van der Waals surface area contributed by atoms with Crippen LogP contribution < -0.4 is 11.1 Å². The van der Waals surface area contributed by atoms with E-state index in [1.807, 2.05) is 0 Å². The summed E-state index contributed by atoms with van der Waals surface area (Å²) in [5.41, 5.74) is 4.44. The van der Waals surface area contributed by atoms with E-state index in [9.17, 15) is 18.3 Å². The molecule has 1 saturated heterocycles. The lowest BCUT2D eigenvalue weighted by molar-refractivity contribution is -0.137. The first-order valence-corrected chi connectivity index (χ1v) is 6.26. The van der Waals surface area contributed by atoms with Gasteiger partial charge in [-0.25, -0.2) is 0 Å². The molecule has 1 aliphatic rings. The lowest BCUT2D eigenvalue weighted by Gasteiger charge is -2.20. The Morgan fingerprint density at radius 2 is 2.16 bits per heavy atom. The Morgan fingerprint density at radius 3 is 2.74 bits per heavy atom. The van der Waals surface area contributed by atoms with Crippen molar-refractivity contribution >= 4 is 5.69 Å². The molecular formula is C13H17F3N2O. The minimum absolute atomic E-state index is 0.143. The summed E-state index contributed by atoms with van der Waals surface area (Å²) >= 11 is 0. The number of halogens is 3. The topological polar surface area (TPSA) is 58.3 Å². The molecule has 6 heteroatoms. The van der Waals surface area contributed by atoms with Gasteiger partial charge in [0.1, 0.15) is 0 Å². The molecule has 4 N–H and O–H groups in total. The maximum atomic E-state index is 12.7. The first-order chi connectivity index (χ1) is 8.89. The Balaban J connectivity index is 2.19. The van der Waals surface area contributed by atoms with Crippen molar-refractivity contribution in [1.82, 2.24) is 5.32 Å². The quantitative estimate of drug-likeness (QED) is 0.742. The van der Waals surface area contributed by atoms with Crippen molar-refractivity contribution in [3.8, 4) is 0 Å². The molecule has 0 amide bonds. The van der Waals surface area contributed by atoms with Crippen LogP contribution in [0, 0.1) is 0 Å². The van der Waals surface area contributed by atoms with Gasteiger partial charge < -0.3 is 16.2 Å². The Kier molecular flexibility index (Phi) is 4.01. The average molecular weight is 274 g/mol. The molecule has 0 radical (unpaired) electrons. The minimum atomic E-state index is -4.49. The summed E-state index contributed by atoms with van der Waals surface area (Å²) in [6.07, 6.45) is -3.14. The molecule has 0 saturated carbocycles. The van der Waals surface area contributed by atoms with E-state index in [1.165, 1.54) is 12.1 Å². The summed E-state index contributed by atoms with van der Waals surface area (Å²) in [5, 5.41) is 13.3. The number of anilines is 1. The van der Waals surface area contributed by atoms with E-state index < -0.39 is 17.8 Å². The van der Waals surface area contributed by atoms with Crippen molar-refractivity contribution in [3.63, 3.8) is 0 Å². The number of hydrogen-bond acceptors (Lipinski definition) is 3. The van der Waals surface area contributed by atoms with Crippen molar-refractivity contribution in [2.24, 2.45) is 0 Å². The van der Waals surface area contributed by atoms with Crippen LogP contribution in [0.25, 0.3) is 0 Å². The van der Waals surface area contributed by atoms with Gasteiger partial charge in [-0.05, 0) is 31.9 Å². The van der Waals surface area contributed by atoms with Crippen LogP contribution in [0.3, 0.4) is 0 Å². The van der Waals surface area contributed by atoms with E-state index in [0.717, 1.165) is 25.5 Å². The molecule has 1 heterocycles. The van der Waals surface area contributed by atoms with Crippen molar-refractivity contribution in [2.75, 3.05) is 12.3 Å². The van der Waals surface area contributed by atoms with Crippen LogP contribution in [-0.2, 0) is 6.18 Å². The van der Waals surface area contributed by atoms with Gasteiger partial charge in [-0.15, -0.1) is 0 Å². The summed E-state index contributed by atoms with van der Waals surface area (Å²) in [4.78, 5) is 0. The summed E-state index contributed by atoms with van der Waals surface area (Å²) in [6.45, 7) is 0.884. The highest BCUT2D eigenvalue weighted by Gasteiger charge is 2.34. The van der Waals surface area contributed by atoms with Crippen molar-refractivity contribution < 1.29 is 18.3 Å². The first-order valence-electron chi connectivity index (χ1n) is 6.26. The summed E-state index contributed by atoms with van der Waals surface area (Å²) in [7, 11) is 0. The number of nitrogens with two attached hydrogens (primary N) is 1. The molecule has 19 heavy (non-hydrogen) atoms. The van der Waals surface area contributed by atoms with Crippen LogP contribution in [0.2, 0.25) is 0 Å². The number of aliphatic hydroxyl groups is 1. The van der Waals surface area contributed by atoms with E-state index in [1.54, 1.807) is 0 Å². The van der Waals surface area contributed by atoms with Crippen LogP contribution in [0.1, 0.15) is 36.5 Å². The molecular weight excluding hydrogens is 257 g/mol. The lowest BCUT2D eigenvalue weighted by atomic mass is 9.97. The molecule has 3 nitrogen and oxygen atoms in total. The van der Waals surface area contributed by atoms with E-state index in [2.05, 4.69) is 5.32 Å². The molecule has 2 atom stereocenters. The van der Waals surface area contributed by atoms with Crippen molar-refractivity contribution in [1.29, 1.82) is 0 Å². The molecule has 0 aliphatic carbocycles. The second-order valence-electron chi connectivity index (χ2n) is 4.85. The van der Waals surface area contributed by atoms with Crippen molar-refractivity contribution in [2.45, 2.75) is 37.6 Å². The van der Waals surface area contributed by atoms with E-state index in [0.29, 0.717) is 6.42 Å². The minimum Gasteiger partial charge on any atom is -0.398 e. The third-order valence-corrected chi connectivity index (χ3v) is 3.47. The third kappa shape index (κ3) is 3.19. The molecule has 1 fully saturated rings.